The van der Waals surface area contributed by atoms with E-state index in [-0.39, 0.29) is 0 Å². The summed E-state index contributed by atoms with van der Waals surface area (Å²) in [5, 5.41) is 7.97. The van der Waals surface area contributed by atoms with Gasteiger partial charge in [0, 0.05) is 6.20 Å². The minimum atomic E-state index is 0.447. The molecule has 3 rings (SSSR count). The lowest BCUT2D eigenvalue weighted by molar-refractivity contribution is 0.320. The first-order chi connectivity index (χ1) is 10.3. The molecule has 2 N–H and O–H groups in total. The Bertz CT molecular complexity index is 738. The number of hydrogen-bond acceptors (Lipinski definition) is 5. The van der Waals surface area contributed by atoms with Gasteiger partial charge >= 0.3 is 0 Å². The molecule has 0 aliphatic heterocycles. The number of benzene rings is 1. The van der Waals surface area contributed by atoms with Gasteiger partial charge in [0.15, 0.2) is 0 Å². The van der Waals surface area contributed by atoms with Crippen molar-refractivity contribution >= 4 is 17.0 Å². The molecule has 3 aromatic rings. The fraction of sp³-hybridized carbons (Fsp3) is 0.267. The molecule has 0 radical (unpaired) electrons. The molecule has 0 aliphatic rings. The maximum Gasteiger partial charge on any atom is 0.201 e. The van der Waals surface area contributed by atoms with E-state index in [9.17, 15) is 0 Å². The third kappa shape index (κ3) is 2.65. The highest BCUT2D eigenvalue weighted by atomic mass is 16.5. The number of aromatic nitrogens is 4. The van der Waals surface area contributed by atoms with E-state index in [0.29, 0.717) is 19.1 Å². The highest BCUT2D eigenvalue weighted by Gasteiger charge is 2.13. The zero-order chi connectivity index (χ0) is 14.7. The van der Waals surface area contributed by atoms with E-state index in [0.717, 1.165) is 28.9 Å². The van der Waals surface area contributed by atoms with Gasteiger partial charge in [-0.1, -0.05) is 13.0 Å². The molecule has 6 heteroatoms. The molecular weight excluding hydrogens is 266 g/mol. The second-order valence-electron chi connectivity index (χ2n) is 4.74. The second kappa shape index (κ2) is 5.78. The van der Waals surface area contributed by atoms with Gasteiger partial charge in [0.05, 0.1) is 24.4 Å². The summed E-state index contributed by atoms with van der Waals surface area (Å²) in [6, 6.07) is 9.61. The Kier molecular flexibility index (Phi) is 3.68. The second-order valence-corrected chi connectivity index (χ2v) is 4.74. The van der Waals surface area contributed by atoms with E-state index in [1.54, 1.807) is 6.20 Å². The third-order valence-electron chi connectivity index (χ3n) is 3.18. The van der Waals surface area contributed by atoms with E-state index >= 15 is 0 Å². The Morgan fingerprint density at radius 3 is 2.90 bits per heavy atom. The molecule has 6 nitrogen and oxygen atoms in total. The van der Waals surface area contributed by atoms with Crippen molar-refractivity contribution in [3.63, 3.8) is 0 Å². The monoisotopic (exact) mass is 283 g/mol. The zero-order valence-electron chi connectivity index (χ0n) is 11.9. The lowest BCUT2D eigenvalue weighted by atomic mass is 10.3. The minimum absolute atomic E-state index is 0.447. The number of nitrogens with zero attached hydrogens (tertiary/aromatic N) is 4. The van der Waals surface area contributed by atoms with Crippen molar-refractivity contribution in [1.29, 1.82) is 0 Å². The standard InChI is InChI=1S/C15H17N5O/c1-2-9-21-13-7-3-6-12-14(13)18-15(16)20(12)10-11-5-4-8-17-19-11/h3-8H,2,9-10H2,1H3,(H2,16,18). The summed E-state index contributed by atoms with van der Waals surface area (Å²) in [6.45, 7) is 3.27. The lowest BCUT2D eigenvalue weighted by Gasteiger charge is -2.07. The molecule has 1 aromatic carbocycles. The number of ether oxygens (including phenoxy) is 1. The molecular formula is C15H17N5O. The number of para-hydroxylation sites is 1. The van der Waals surface area contributed by atoms with Crippen LogP contribution < -0.4 is 10.5 Å². The van der Waals surface area contributed by atoms with Gasteiger partial charge in [-0.05, 0) is 30.7 Å². The molecule has 2 heterocycles. The summed E-state index contributed by atoms with van der Waals surface area (Å²) in [4.78, 5) is 4.43. The number of fused-ring (bicyclic) bond motifs is 1. The predicted molar refractivity (Wildman–Crippen MR) is 81.1 cm³/mol. The lowest BCUT2D eigenvalue weighted by Crippen LogP contribution is -2.06. The van der Waals surface area contributed by atoms with Gasteiger partial charge in [0.2, 0.25) is 5.95 Å². The van der Waals surface area contributed by atoms with Crippen LogP contribution in [0.2, 0.25) is 0 Å². The first-order valence-electron chi connectivity index (χ1n) is 6.93. The molecule has 0 amide bonds. The van der Waals surface area contributed by atoms with Crippen molar-refractivity contribution in [2.45, 2.75) is 19.9 Å². The maximum absolute atomic E-state index is 6.05. The van der Waals surface area contributed by atoms with Crippen LogP contribution in [0.1, 0.15) is 19.0 Å². The highest BCUT2D eigenvalue weighted by Crippen LogP contribution is 2.27. The molecule has 108 valence electrons. The highest BCUT2D eigenvalue weighted by molar-refractivity contribution is 5.84. The Balaban J connectivity index is 2.01. The minimum Gasteiger partial charge on any atom is -0.491 e. The van der Waals surface area contributed by atoms with Gasteiger partial charge in [-0.25, -0.2) is 4.98 Å². The normalized spacial score (nSPS) is 10.9. The number of rotatable bonds is 5. The molecule has 2 aromatic heterocycles. The number of nitrogen functional groups attached to an aromatic ring is 1. The molecule has 0 fully saturated rings. The molecule has 0 unspecified atom stereocenters. The summed E-state index contributed by atoms with van der Waals surface area (Å²) in [5.41, 5.74) is 8.60. The average molecular weight is 283 g/mol. The quantitative estimate of drug-likeness (QED) is 0.777. The van der Waals surface area contributed by atoms with Crippen LogP contribution in [0.4, 0.5) is 5.95 Å². The van der Waals surface area contributed by atoms with Gasteiger partial charge in [-0.15, -0.1) is 0 Å². The molecule has 21 heavy (non-hydrogen) atoms. The van der Waals surface area contributed by atoms with Crippen molar-refractivity contribution in [3.05, 3.63) is 42.2 Å². The Morgan fingerprint density at radius 2 is 2.14 bits per heavy atom. The van der Waals surface area contributed by atoms with Crippen LogP contribution in [0.25, 0.3) is 11.0 Å². The van der Waals surface area contributed by atoms with Crippen LogP contribution in [-0.4, -0.2) is 26.4 Å². The van der Waals surface area contributed by atoms with Crippen molar-refractivity contribution < 1.29 is 4.74 Å². The number of imidazole rings is 1. The molecule has 0 saturated heterocycles. The van der Waals surface area contributed by atoms with Crippen molar-refractivity contribution in [2.24, 2.45) is 0 Å². The average Bonchev–Trinajstić information content (AvgIpc) is 2.83. The zero-order valence-corrected chi connectivity index (χ0v) is 11.9. The van der Waals surface area contributed by atoms with E-state index in [4.69, 9.17) is 10.5 Å². The first-order valence-corrected chi connectivity index (χ1v) is 6.93. The Labute approximate surface area is 122 Å². The van der Waals surface area contributed by atoms with Gasteiger partial charge < -0.3 is 15.0 Å². The maximum atomic E-state index is 6.05. The van der Waals surface area contributed by atoms with Crippen molar-refractivity contribution in [3.8, 4) is 5.75 Å². The number of hydrogen-bond donors (Lipinski definition) is 1. The summed E-state index contributed by atoms with van der Waals surface area (Å²) in [6.07, 6.45) is 2.60. The molecule has 0 aliphatic carbocycles. The van der Waals surface area contributed by atoms with Crippen LogP contribution in [0.3, 0.4) is 0 Å². The Hall–Kier alpha value is -2.63. The van der Waals surface area contributed by atoms with E-state index in [1.165, 1.54) is 0 Å². The summed E-state index contributed by atoms with van der Waals surface area (Å²) < 4.78 is 7.64. The predicted octanol–water partition coefficient (Wildman–Crippen LogP) is 2.25. The SMILES string of the molecule is CCCOc1cccc2c1nc(N)n2Cc1cccnn1. The number of nitrogens with two attached hydrogens (primary N) is 1. The van der Waals surface area contributed by atoms with Gasteiger partial charge in [-0.2, -0.15) is 10.2 Å². The van der Waals surface area contributed by atoms with Crippen molar-refractivity contribution in [2.75, 3.05) is 12.3 Å². The van der Waals surface area contributed by atoms with Crippen LogP contribution >= 0.6 is 0 Å². The summed E-state index contributed by atoms with van der Waals surface area (Å²) in [7, 11) is 0. The van der Waals surface area contributed by atoms with E-state index < -0.39 is 0 Å². The van der Waals surface area contributed by atoms with Crippen LogP contribution in [0, 0.1) is 0 Å². The van der Waals surface area contributed by atoms with Crippen LogP contribution in [0.15, 0.2) is 36.5 Å². The van der Waals surface area contributed by atoms with E-state index in [1.807, 2.05) is 34.9 Å². The van der Waals surface area contributed by atoms with Gasteiger partial charge in [0.25, 0.3) is 0 Å². The van der Waals surface area contributed by atoms with Crippen LogP contribution in [0.5, 0.6) is 5.75 Å². The van der Waals surface area contributed by atoms with Crippen molar-refractivity contribution in [1.82, 2.24) is 19.7 Å². The number of anilines is 1. The molecule has 0 atom stereocenters. The summed E-state index contributed by atoms with van der Waals surface area (Å²) in [5.74, 6) is 1.21. The van der Waals surface area contributed by atoms with Crippen LogP contribution in [-0.2, 0) is 6.54 Å². The summed E-state index contributed by atoms with van der Waals surface area (Å²) >= 11 is 0. The van der Waals surface area contributed by atoms with Gasteiger partial charge in [-0.3, -0.25) is 0 Å². The fourth-order valence-electron chi connectivity index (χ4n) is 2.21. The third-order valence-corrected chi connectivity index (χ3v) is 3.18. The fourth-order valence-corrected chi connectivity index (χ4v) is 2.21. The van der Waals surface area contributed by atoms with E-state index in [2.05, 4.69) is 22.1 Å². The first kappa shape index (κ1) is 13.4. The topological polar surface area (TPSA) is 78.9 Å². The van der Waals surface area contributed by atoms with Gasteiger partial charge in [0.1, 0.15) is 11.3 Å². The molecule has 0 bridgehead atoms. The molecule has 0 spiro atoms. The Morgan fingerprint density at radius 1 is 1.24 bits per heavy atom. The smallest absolute Gasteiger partial charge is 0.201 e. The largest absolute Gasteiger partial charge is 0.491 e. The molecule has 0 saturated carbocycles.